The van der Waals surface area contributed by atoms with Gasteiger partial charge in [-0.1, -0.05) is 69.5 Å². The van der Waals surface area contributed by atoms with Crippen molar-refractivity contribution < 1.29 is 0 Å². The van der Waals surface area contributed by atoms with Gasteiger partial charge in [0.2, 0.25) is 0 Å². The van der Waals surface area contributed by atoms with Gasteiger partial charge in [0.15, 0.2) is 0 Å². The predicted octanol–water partition coefficient (Wildman–Crippen LogP) is 4.47. The van der Waals surface area contributed by atoms with Crippen LogP contribution in [0.15, 0.2) is 11.6 Å². The number of rotatable bonds is 11. The first kappa shape index (κ1) is 15.0. The van der Waals surface area contributed by atoms with Crippen molar-refractivity contribution in [2.75, 3.05) is 13.1 Å². The van der Waals surface area contributed by atoms with E-state index in [1.807, 2.05) is 6.08 Å². The van der Waals surface area contributed by atoms with Crippen LogP contribution in [0.5, 0.6) is 0 Å². The van der Waals surface area contributed by atoms with Crippen LogP contribution in [0, 0.1) is 0 Å². The minimum Gasteiger partial charge on any atom is -0.313 e. The summed E-state index contributed by atoms with van der Waals surface area (Å²) in [7, 11) is 0. The Bertz CT molecular complexity index is 134. The van der Waals surface area contributed by atoms with Crippen LogP contribution >= 0.6 is 11.6 Å². The minimum atomic E-state index is 0.903. The highest BCUT2D eigenvalue weighted by Crippen LogP contribution is 2.07. The lowest BCUT2D eigenvalue weighted by Crippen LogP contribution is -2.14. The molecule has 1 nitrogen and oxygen atoms in total. The second kappa shape index (κ2) is 14.0. The van der Waals surface area contributed by atoms with Crippen molar-refractivity contribution in [3.05, 3.63) is 11.6 Å². The van der Waals surface area contributed by atoms with Crippen LogP contribution < -0.4 is 5.32 Å². The molecule has 0 amide bonds. The van der Waals surface area contributed by atoms with Crippen LogP contribution in [0.4, 0.5) is 0 Å². The molecule has 0 aromatic carbocycles. The summed E-state index contributed by atoms with van der Waals surface area (Å²) in [6.07, 6.45) is 13.0. The Kier molecular flexibility index (Phi) is 14.0. The van der Waals surface area contributed by atoms with Crippen molar-refractivity contribution in [1.82, 2.24) is 5.32 Å². The maximum absolute atomic E-state index is 5.40. The van der Waals surface area contributed by atoms with Crippen LogP contribution in [-0.2, 0) is 0 Å². The van der Waals surface area contributed by atoms with E-state index in [0.29, 0.717) is 0 Å². The summed E-state index contributed by atoms with van der Waals surface area (Å²) < 4.78 is 0. The fraction of sp³-hybridized carbons (Fsp3) is 0.846. The molecule has 0 spiro atoms. The summed E-state index contributed by atoms with van der Waals surface area (Å²) in [5.74, 6) is 0. The molecule has 1 N–H and O–H groups in total. The molecule has 0 aliphatic heterocycles. The second-order valence-corrected chi connectivity index (χ2v) is 4.29. The second-order valence-electron chi connectivity index (χ2n) is 4.04. The number of hydrogen-bond donors (Lipinski definition) is 1. The average Bonchev–Trinajstić information content (AvgIpc) is 2.26. The summed E-state index contributed by atoms with van der Waals surface area (Å²) in [5, 5.41) is 3.33. The van der Waals surface area contributed by atoms with E-state index in [2.05, 4.69) is 12.2 Å². The number of halogens is 1. The van der Waals surface area contributed by atoms with Gasteiger partial charge in [0.1, 0.15) is 0 Å². The molecule has 0 aliphatic rings. The van der Waals surface area contributed by atoms with Gasteiger partial charge in [0.25, 0.3) is 0 Å². The lowest BCUT2D eigenvalue weighted by atomic mass is 10.1. The smallest absolute Gasteiger partial charge is 0.0146 e. The molecular formula is C13H26ClN. The minimum absolute atomic E-state index is 0.903. The highest BCUT2D eigenvalue weighted by atomic mass is 35.5. The van der Waals surface area contributed by atoms with Crippen LogP contribution in [0.2, 0.25) is 0 Å². The lowest BCUT2D eigenvalue weighted by molar-refractivity contribution is 0.563. The van der Waals surface area contributed by atoms with Crippen molar-refractivity contribution in [3.8, 4) is 0 Å². The number of hydrogen-bond acceptors (Lipinski definition) is 1. The van der Waals surface area contributed by atoms with Gasteiger partial charge < -0.3 is 5.32 Å². The summed E-state index contributed by atoms with van der Waals surface area (Å²) in [6, 6.07) is 0. The molecule has 0 saturated carbocycles. The third-order valence-electron chi connectivity index (χ3n) is 2.56. The average molecular weight is 232 g/mol. The van der Waals surface area contributed by atoms with E-state index in [-0.39, 0.29) is 0 Å². The molecule has 0 unspecified atom stereocenters. The van der Waals surface area contributed by atoms with Crippen LogP contribution in [0.25, 0.3) is 0 Å². The number of nitrogens with one attached hydrogen (secondary N) is 1. The first-order valence-corrected chi connectivity index (χ1v) is 6.81. The molecule has 90 valence electrons. The van der Waals surface area contributed by atoms with Crippen molar-refractivity contribution in [1.29, 1.82) is 0 Å². The van der Waals surface area contributed by atoms with Crippen LogP contribution in [0.1, 0.15) is 58.3 Å². The fourth-order valence-corrected chi connectivity index (χ4v) is 1.70. The Balaban J connectivity index is 2.86. The third-order valence-corrected chi connectivity index (χ3v) is 2.74. The molecular weight excluding hydrogens is 206 g/mol. The summed E-state index contributed by atoms with van der Waals surface area (Å²) >= 11 is 5.40. The molecule has 0 aliphatic carbocycles. The van der Waals surface area contributed by atoms with E-state index in [1.54, 1.807) is 5.54 Å². The summed E-state index contributed by atoms with van der Waals surface area (Å²) in [6.45, 7) is 4.29. The Hall–Kier alpha value is -0.0100. The van der Waals surface area contributed by atoms with Crippen molar-refractivity contribution in [2.45, 2.75) is 58.3 Å². The van der Waals surface area contributed by atoms with E-state index in [9.17, 15) is 0 Å². The van der Waals surface area contributed by atoms with E-state index in [4.69, 9.17) is 11.6 Å². The van der Waals surface area contributed by atoms with Crippen molar-refractivity contribution in [2.24, 2.45) is 0 Å². The van der Waals surface area contributed by atoms with E-state index in [0.717, 1.165) is 13.1 Å². The molecule has 0 aromatic heterocycles. The Labute approximate surface area is 100 Å². The Morgan fingerprint density at radius 3 is 2.13 bits per heavy atom. The lowest BCUT2D eigenvalue weighted by Gasteiger charge is -2.02. The molecule has 0 radical (unpaired) electrons. The highest BCUT2D eigenvalue weighted by Gasteiger charge is 1.90. The van der Waals surface area contributed by atoms with Crippen LogP contribution in [0.3, 0.4) is 0 Å². The van der Waals surface area contributed by atoms with Gasteiger partial charge in [-0.2, -0.15) is 0 Å². The molecule has 0 saturated heterocycles. The van der Waals surface area contributed by atoms with Crippen LogP contribution in [-0.4, -0.2) is 13.1 Å². The van der Waals surface area contributed by atoms with Gasteiger partial charge in [-0.25, -0.2) is 0 Å². The molecule has 0 bridgehead atoms. The SMILES string of the molecule is CCCCCCCCCCNC/C=C/Cl. The Morgan fingerprint density at radius 1 is 0.933 bits per heavy atom. The fourth-order valence-electron chi connectivity index (χ4n) is 1.61. The first-order valence-electron chi connectivity index (χ1n) is 6.37. The van der Waals surface area contributed by atoms with Crippen molar-refractivity contribution >= 4 is 11.6 Å². The standard InChI is InChI=1S/C13H26ClN/c1-2-3-4-5-6-7-8-9-12-15-13-10-11-14/h10-11,15H,2-9,12-13H2,1H3/b11-10+. The summed E-state index contributed by atoms with van der Waals surface area (Å²) in [4.78, 5) is 0. The molecule has 0 rings (SSSR count). The maximum atomic E-state index is 5.40. The predicted molar refractivity (Wildman–Crippen MR) is 70.5 cm³/mol. The normalized spacial score (nSPS) is 11.3. The molecule has 15 heavy (non-hydrogen) atoms. The van der Waals surface area contributed by atoms with Gasteiger partial charge >= 0.3 is 0 Å². The zero-order chi connectivity index (χ0) is 11.2. The summed E-state index contributed by atoms with van der Waals surface area (Å²) in [5.41, 5.74) is 1.57. The van der Waals surface area contributed by atoms with Gasteiger partial charge in [-0.3, -0.25) is 0 Å². The maximum Gasteiger partial charge on any atom is 0.0146 e. The van der Waals surface area contributed by atoms with Gasteiger partial charge in [0, 0.05) is 12.1 Å². The van der Waals surface area contributed by atoms with E-state index >= 15 is 0 Å². The van der Waals surface area contributed by atoms with Gasteiger partial charge in [-0.05, 0) is 13.0 Å². The zero-order valence-corrected chi connectivity index (χ0v) is 10.9. The largest absolute Gasteiger partial charge is 0.313 e. The van der Waals surface area contributed by atoms with E-state index in [1.165, 1.54) is 51.4 Å². The van der Waals surface area contributed by atoms with Gasteiger partial charge in [0.05, 0.1) is 0 Å². The monoisotopic (exact) mass is 231 g/mol. The molecule has 0 heterocycles. The third kappa shape index (κ3) is 14.0. The topological polar surface area (TPSA) is 12.0 Å². The Morgan fingerprint density at radius 2 is 1.53 bits per heavy atom. The van der Waals surface area contributed by atoms with E-state index < -0.39 is 0 Å². The molecule has 0 atom stereocenters. The highest BCUT2D eigenvalue weighted by molar-refractivity contribution is 6.25. The quantitative estimate of drug-likeness (QED) is 0.518. The van der Waals surface area contributed by atoms with Gasteiger partial charge in [-0.15, -0.1) is 0 Å². The first-order chi connectivity index (χ1) is 7.41. The van der Waals surface area contributed by atoms with Crippen molar-refractivity contribution in [3.63, 3.8) is 0 Å². The number of unbranched alkanes of at least 4 members (excludes halogenated alkanes) is 7. The zero-order valence-electron chi connectivity index (χ0n) is 10.1. The molecule has 2 heteroatoms. The molecule has 0 fully saturated rings. The molecule has 0 aromatic rings.